The van der Waals surface area contributed by atoms with E-state index in [1.165, 1.54) is 19.2 Å². The van der Waals surface area contributed by atoms with Gasteiger partial charge in [-0.25, -0.2) is 22.9 Å². The Morgan fingerprint density at radius 3 is 2.45 bits per heavy atom. The number of aliphatic imine (C=N–C) groups is 1. The molecule has 2 heterocycles. The zero-order valence-corrected chi connectivity index (χ0v) is 16.8. The fourth-order valence-corrected chi connectivity index (χ4v) is 3.06. The number of carboxylic acid groups (broad SMARTS) is 1. The van der Waals surface area contributed by atoms with Crippen molar-refractivity contribution < 1.29 is 27.9 Å². The highest BCUT2D eigenvalue weighted by Crippen LogP contribution is 2.38. The van der Waals surface area contributed by atoms with Crippen molar-refractivity contribution in [2.24, 2.45) is 10.7 Å². The lowest BCUT2D eigenvalue weighted by Gasteiger charge is -2.39. The molecule has 1 amide bonds. The average Bonchev–Trinajstić information content (AvgIpc) is 2.69. The van der Waals surface area contributed by atoms with Gasteiger partial charge in [-0.1, -0.05) is 6.07 Å². The minimum Gasteiger partial charge on any atom is -0.477 e. The number of benzene rings is 1. The average molecular weight is 437 g/mol. The molecule has 1 unspecified atom stereocenters. The first-order chi connectivity index (χ1) is 14.5. The number of aromatic carboxylic acids is 1. The minimum absolute atomic E-state index is 0.0618. The largest absolute Gasteiger partial charge is 0.477 e. The zero-order chi connectivity index (χ0) is 23.3. The van der Waals surface area contributed by atoms with E-state index < -0.39 is 36.2 Å². The Balaban J connectivity index is 0.000000285. The van der Waals surface area contributed by atoms with Crippen LogP contribution in [0.1, 0.15) is 28.5 Å². The third-order valence-electron chi connectivity index (χ3n) is 4.60. The van der Waals surface area contributed by atoms with Gasteiger partial charge in [0.15, 0.2) is 11.2 Å². The number of nitrogens with zero attached hydrogens (tertiary/aromatic N) is 3. The molecule has 1 atom stereocenters. The number of halogens is 3. The maximum Gasteiger partial charge on any atom is 0.354 e. The number of aryl methyl sites for hydroxylation is 1. The molecule has 11 heteroatoms. The van der Waals surface area contributed by atoms with Gasteiger partial charge in [-0.05, 0) is 36.8 Å². The van der Waals surface area contributed by atoms with Crippen molar-refractivity contribution in [3.63, 3.8) is 0 Å². The lowest BCUT2D eigenvalue weighted by atomic mass is 9.88. The number of alkyl halides is 2. The van der Waals surface area contributed by atoms with E-state index >= 15 is 0 Å². The maximum absolute atomic E-state index is 14.0. The first kappa shape index (κ1) is 23.6. The van der Waals surface area contributed by atoms with Gasteiger partial charge in [-0.3, -0.25) is 9.79 Å². The Morgan fingerprint density at radius 1 is 1.26 bits per heavy atom. The highest BCUT2D eigenvalue weighted by Gasteiger charge is 2.48. The highest BCUT2D eigenvalue weighted by molar-refractivity contribution is 5.88. The summed E-state index contributed by atoms with van der Waals surface area (Å²) in [6.45, 7) is 2.43. The van der Waals surface area contributed by atoms with E-state index in [0.29, 0.717) is 5.56 Å². The number of amides is 1. The third-order valence-corrected chi connectivity index (χ3v) is 4.60. The molecular formula is C20H22F3N5O3. The number of nitrogens with two attached hydrogens (primary N) is 2. The molecular weight excluding hydrogens is 415 g/mol. The molecule has 166 valence electrons. The van der Waals surface area contributed by atoms with Crippen molar-refractivity contribution in [3.8, 4) is 0 Å². The lowest BCUT2D eigenvalue weighted by molar-refractivity contribution is -0.130. The van der Waals surface area contributed by atoms with Gasteiger partial charge in [0.05, 0.1) is 13.1 Å². The van der Waals surface area contributed by atoms with E-state index in [1.54, 1.807) is 19.1 Å². The second kappa shape index (κ2) is 9.45. The number of hydrogen-bond donors (Lipinski definition) is 3. The van der Waals surface area contributed by atoms with E-state index in [4.69, 9.17) is 16.6 Å². The third kappa shape index (κ3) is 5.30. The number of carbonyl (C=O) groups is 2. The van der Waals surface area contributed by atoms with Gasteiger partial charge < -0.3 is 21.5 Å². The SMILES string of the molecule is CC(=O)N1CC(N)=NC(c2cc(N)ccc2F)(C(F)F)C1.Cc1cccnc1C(=O)O. The van der Waals surface area contributed by atoms with Crippen molar-refractivity contribution in [2.75, 3.05) is 18.8 Å². The molecule has 31 heavy (non-hydrogen) atoms. The Kier molecular flexibility index (Phi) is 7.21. The molecule has 1 aliphatic heterocycles. The van der Waals surface area contributed by atoms with Crippen molar-refractivity contribution in [1.82, 2.24) is 9.88 Å². The van der Waals surface area contributed by atoms with Crippen LogP contribution in [0.25, 0.3) is 0 Å². The molecule has 8 nitrogen and oxygen atoms in total. The molecule has 1 aliphatic rings. The van der Waals surface area contributed by atoms with E-state index in [1.807, 2.05) is 0 Å². The number of aromatic nitrogens is 1. The second-order valence-electron chi connectivity index (χ2n) is 6.92. The quantitative estimate of drug-likeness (QED) is 0.630. The van der Waals surface area contributed by atoms with Crippen LogP contribution in [0.3, 0.4) is 0 Å². The first-order valence-corrected chi connectivity index (χ1v) is 9.06. The van der Waals surface area contributed by atoms with Gasteiger partial charge in [0.25, 0.3) is 6.43 Å². The number of amidine groups is 1. The molecule has 0 radical (unpaired) electrons. The Labute approximate surface area is 176 Å². The summed E-state index contributed by atoms with van der Waals surface area (Å²) in [5.74, 6) is -2.44. The fourth-order valence-electron chi connectivity index (χ4n) is 3.06. The van der Waals surface area contributed by atoms with Gasteiger partial charge in [-0.15, -0.1) is 0 Å². The molecule has 5 N–H and O–H groups in total. The lowest BCUT2D eigenvalue weighted by Crippen LogP contribution is -2.54. The second-order valence-corrected chi connectivity index (χ2v) is 6.92. The zero-order valence-electron chi connectivity index (χ0n) is 16.8. The van der Waals surface area contributed by atoms with Crippen LogP contribution in [0, 0.1) is 12.7 Å². The highest BCUT2D eigenvalue weighted by atomic mass is 19.3. The van der Waals surface area contributed by atoms with E-state index in [-0.39, 0.29) is 29.3 Å². The van der Waals surface area contributed by atoms with Crippen LogP contribution in [-0.4, -0.2) is 52.2 Å². The topological polar surface area (TPSA) is 135 Å². The predicted molar refractivity (Wildman–Crippen MR) is 108 cm³/mol. The van der Waals surface area contributed by atoms with Crippen LogP contribution >= 0.6 is 0 Å². The molecule has 3 rings (SSSR count). The molecule has 2 aromatic rings. The van der Waals surface area contributed by atoms with Gasteiger partial charge in [0, 0.05) is 24.4 Å². The maximum atomic E-state index is 14.0. The summed E-state index contributed by atoms with van der Waals surface area (Å²) in [7, 11) is 0. The molecule has 0 spiro atoms. The molecule has 1 aromatic heterocycles. The van der Waals surface area contributed by atoms with Crippen LogP contribution in [0.5, 0.6) is 0 Å². The Hall–Kier alpha value is -3.63. The summed E-state index contributed by atoms with van der Waals surface area (Å²) in [5, 5.41) is 8.50. The number of nitrogen functional groups attached to an aromatic ring is 1. The molecule has 0 fully saturated rings. The summed E-state index contributed by atoms with van der Waals surface area (Å²) in [4.78, 5) is 30.4. The van der Waals surface area contributed by atoms with Gasteiger partial charge >= 0.3 is 5.97 Å². The van der Waals surface area contributed by atoms with Crippen molar-refractivity contribution in [2.45, 2.75) is 25.8 Å². The van der Waals surface area contributed by atoms with Crippen LogP contribution in [-0.2, 0) is 10.3 Å². The fraction of sp³-hybridized carbons (Fsp3) is 0.300. The van der Waals surface area contributed by atoms with Crippen LogP contribution in [0.15, 0.2) is 41.5 Å². The van der Waals surface area contributed by atoms with Crippen LogP contribution in [0.4, 0.5) is 18.9 Å². The van der Waals surface area contributed by atoms with Crippen molar-refractivity contribution in [1.29, 1.82) is 0 Å². The number of rotatable bonds is 3. The van der Waals surface area contributed by atoms with E-state index in [0.717, 1.165) is 17.0 Å². The summed E-state index contributed by atoms with van der Waals surface area (Å²) in [6, 6.07) is 6.78. The number of anilines is 1. The summed E-state index contributed by atoms with van der Waals surface area (Å²) >= 11 is 0. The van der Waals surface area contributed by atoms with E-state index in [2.05, 4.69) is 9.98 Å². The molecule has 0 saturated heterocycles. The number of carbonyl (C=O) groups excluding carboxylic acids is 1. The standard InChI is InChI=1S/C13H15F3N4O.C7H7NO2/c1-7(21)20-5-11(18)19-13(6-20,12(15)16)9-4-8(17)2-3-10(9)14;1-5-3-2-4-8-6(5)7(9)10/h2-4,12H,5-6,17H2,1H3,(H2,18,19);2-4H,1H3,(H,9,10). The van der Waals surface area contributed by atoms with Gasteiger partial charge in [-0.2, -0.15) is 0 Å². The minimum atomic E-state index is -3.05. The molecule has 1 aromatic carbocycles. The van der Waals surface area contributed by atoms with Crippen LogP contribution < -0.4 is 11.5 Å². The van der Waals surface area contributed by atoms with Crippen molar-refractivity contribution >= 4 is 23.4 Å². The summed E-state index contributed by atoms with van der Waals surface area (Å²) in [5.41, 5.74) is 9.45. The smallest absolute Gasteiger partial charge is 0.354 e. The molecule has 0 bridgehead atoms. The monoisotopic (exact) mass is 437 g/mol. The van der Waals surface area contributed by atoms with Gasteiger partial charge in [0.2, 0.25) is 5.91 Å². The number of hydrogen-bond acceptors (Lipinski definition) is 6. The van der Waals surface area contributed by atoms with E-state index in [9.17, 15) is 22.8 Å². The number of pyridine rings is 1. The van der Waals surface area contributed by atoms with Gasteiger partial charge in [0.1, 0.15) is 11.7 Å². The normalized spacial score (nSPS) is 18.1. The molecule has 0 aliphatic carbocycles. The Bertz CT molecular complexity index is 1020. The first-order valence-electron chi connectivity index (χ1n) is 9.06. The van der Waals surface area contributed by atoms with Crippen LogP contribution in [0.2, 0.25) is 0 Å². The number of carboxylic acids is 1. The summed E-state index contributed by atoms with van der Waals surface area (Å²) in [6.07, 6.45) is -1.58. The summed E-state index contributed by atoms with van der Waals surface area (Å²) < 4.78 is 41.4. The van der Waals surface area contributed by atoms with Crippen molar-refractivity contribution in [3.05, 3.63) is 59.2 Å². The predicted octanol–water partition coefficient (Wildman–Crippen LogP) is 2.18. The molecule has 0 saturated carbocycles. The Morgan fingerprint density at radius 2 is 1.94 bits per heavy atom.